The van der Waals surface area contributed by atoms with Crippen LogP contribution >= 0.6 is 0 Å². The Morgan fingerprint density at radius 3 is 2.95 bits per heavy atom. The van der Waals surface area contributed by atoms with E-state index in [1.807, 2.05) is 24.6 Å². The summed E-state index contributed by atoms with van der Waals surface area (Å²) in [5, 5.41) is 3.06. The first-order chi connectivity index (χ1) is 9.52. The Kier molecular flexibility index (Phi) is 4.70. The van der Waals surface area contributed by atoms with Gasteiger partial charge in [-0.15, -0.1) is 0 Å². The van der Waals surface area contributed by atoms with Gasteiger partial charge in [-0.3, -0.25) is 9.69 Å². The highest BCUT2D eigenvalue weighted by atomic mass is 16.1. The van der Waals surface area contributed by atoms with Gasteiger partial charge in [-0.25, -0.2) is 0 Å². The van der Waals surface area contributed by atoms with E-state index in [0.717, 1.165) is 19.6 Å². The topological polar surface area (TPSA) is 63.3 Å². The number of nitrogens with zero attached hydrogens (tertiary/aromatic N) is 2. The molecule has 1 saturated heterocycles. The van der Waals surface area contributed by atoms with Gasteiger partial charge in [-0.2, -0.15) is 0 Å². The van der Waals surface area contributed by atoms with Crippen LogP contribution in [0, 0.1) is 0 Å². The Labute approximate surface area is 121 Å². The summed E-state index contributed by atoms with van der Waals surface area (Å²) in [7, 11) is 0. The smallest absolute Gasteiger partial charge is 0.268 e. The molecule has 1 amide bonds. The molecule has 5 heteroatoms. The maximum atomic E-state index is 12.3. The van der Waals surface area contributed by atoms with E-state index in [9.17, 15) is 4.79 Å². The molecule has 2 rings (SSSR count). The third-order valence-corrected chi connectivity index (χ3v) is 4.06. The lowest BCUT2D eigenvalue weighted by molar-refractivity contribution is 0.0930. The molecule has 1 aromatic rings. The Hall–Kier alpha value is -1.49. The van der Waals surface area contributed by atoms with Crippen molar-refractivity contribution in [3.63, 3.8) is 0 Å². The number of nitrogens with two attached hydrogens (primary N) is 1. The van der Waals surface area contributed by atoms with Gasteiger partial charge in [-0.05, 0) is 45.8 Å². The highest BCUT2D eigenvalue weighted by Crippen LogP contribution is 2.18. The van der Waals surface area contributed by atoms with E-state index >= 15 is 0 Å². The standard InChI is InChI=1S/C15H26N4O/c1-4-18-7-5-6-13(18)9-17-15(20)14-8-12(16)10-19(14)11(2)3/h8,10-11,13H,4-7,9,16H2,1-3H3,(H,17,20). The molecule has 5 nitrogen and oxygen atoms in total. The summed E-state index contributed by atoms with van der Waals surface area (Å²) >= 11 is 0. The number of nitrogens with one attached hydrogen (secondary N) is 1. The number of hydrogen-bond acceptors (Lipinski definition) is 3. The molecule has 0 aliphatic carbocycles. The van der Waals surface area contributed by atoms with Crippen molar-refractivity contribution in [1.82, 2.24) is 14.8 Å². The van der Waals surface area contributed by atoms with Crippen LogP contribution in [0.25, 0.3) is 0 Å². The molecule has 1 aromatic heterocycles. The number of aromatic nitrogens is 1. The lowest BCUT2D eigenvalue weighted by Crippen LogP contribution is -2.40. The summed E-state index contributed by atoms with van der Waals surface area (Å²) in [5.74, 6) is -0.0293. The van der Waals surface area contributed by atoms with E-state index in [0.29, 0.717) is 17.4 Å². The summed E-state index contributed by atoms with van der Waals surface area (Å²) in [6.45, 7) is 9.18. The average molecular weight is 278 g/mol. The molecule has 112 valence electrons. The molecule has 20 heavy (non-hydrogen) atoms. The molecule has 0 aromatic carbocycles. The van der Waals surface area contributed by atoms with Crippen molar-refractivity contribution < 1.29 is 4.79 Å². The minimum atomic E-state index is -0.0293. The number of nitrogen functional groups attached to an aromatic ring is 1. The van der Waals surface area contributed by atoms with E-state index in [4.69, 9.17) is 5.73 Å². The number of amides is 1. The van der Waals surface area contributed by atoms with Crippen LogP contribution in [-0.4, -0.2) is 41.1 Å². The van der Waals surface area contributed by atoms with Crippen molar-refractivity contribution >= 4 is 11.6 Å². The van der Waals surface area contributed by atoms with E-state index in [2.05, 4.69) is 17.1 Å². The first-order valence-corrected chi connectivity index (χ1v) is 7.52. The molecule has 0 spiro atoms. The van der Waals surface area contributed by atoms with Gasteiger partial charge in [0, 0.05) is 24.8 Å². The predicted molar refractivity (Wildman–Crippen MR) is 81.8 cm³/mol. The molecule has 0 radical (unpaired) electrons. The van der Waals surface area contributed by atoms with Crippen LogP contribution in [0.5, 0.6) is 0 Å². The lowest BCUT2D eigenvalue weighted by atomic mass is 10.2. The molecule has 1 fully saturated rings. The van der Waals surface area contributed by atoms with Crippen LogP contribution < -0.4 is 11.1 Å². The predicted octanol–water partition coefficient (Wildman–Crippen LogP) is 1.87. The van der Waals surface area contributed by atoms with Crippen LogP contribution in [0.3, 0.4) is 0 Å². The minimum Gasteiger partial charge on any atom is -0.397 e. The summed E-state index contributed by atoms with van der Waals surface area (Å²) in [4.78, 5) is 14.8. The van der Waals surface area contributed by atoms with Crippen LogP contribution in [-0.2, 0) is 0 Å². The second-order valence-electron chi connectivity index (χ2n) is 5.79. The first-order valence-electron chi connectivity index (χ1n) is 7.52. The molecule has 2 heterocycles. The van der Waals surface area contributed by atoms with E-state index in [1.54, 1.807) is 6.07 Å². The highest BCUT2D eigenvalue weighted by Gasteiger charge is 2.24. The van der Waals surface area contributed by atoms with Gasteiger partial charge < -0.3 is 15.6 Å². The average Bonchev–Trinajstić information content (AvgIpc) is 3.01. The fraction of sp³-hybridized carbons (Fsp3) is 0.667. The lowest BCUT2D eigenvalue weighted by Gasteiger charge is -2.23. The Morgan fingerprint density at radius 2 is 2.30 bits per heavy atom. The van der Waals surface area contributed by atoms with Crippen LogP contribution in [0.2, 0.25) is 0 Å². The quantitative estimate of drug-likeness (QED) is 0.864. The van der Waals surface area contributed by atoms with Gasteiger partial charge in [0.1, 0.15) is 5.69 Å². The Balaban J connectivity index is 1.98. The van der Waals surface area contributed by atoms with Crippen molar-refractivity contribution in [3.8, 4) is 0 Å². The highest BCUT2D eigenvalue weighted by molar-refractivity contribution is 5.93. The number of carbonyl (C=O) groups is 1. The molecule has 1 aliphatic rings. The number of hydrogen-bond donors (Lipinski definition) is 2. The fourth-order valence-electron chi connectivity index (χ4n) is 2.95. The molecule has 3 N–H and O–H groups in total. The van der Waals surface area contributed by atoms with Gasteiger partial charge >= 0.3 is 0 Å². The second-order valence-corrected chi connectivity index (χ2v) is 5.79. The van der Waals surface area contributed by atoms with Crippen molar-refractivity contribution in [2.75, 3.05) is 25.4 Å². The third-order valence-electron chi connectivity index (χ3n) is 4.06. The molecule has 1 unspecified atom stereocenters. The van der Waals surface area contributed by atoms with Crippen LogP contribution in [0.1, 0.15) is 50.1 Å². The normalized spacial score (nSPS) is 19.7. The zero-order valence-electron chi connectivity index (χ0n) is 12.7. The van der Waals surface area contributed by atoms with Gasteiger partial charge in [0.15, 0.2) is 0 Å². The van der Waals surface area contributed by atoms with Gasteiger partial charge in [0.05, 0.1) is 5.69 Å². The van der Waals surface area contributed by atoms with Crippen molar-refractivity contribution in [2.45, 2.75) is 45.7 Å². The first kappa shape index (κ1) is 14.9. The largest absolute Gasteiger partial charge is 0.397 e. The third kappa shape index (κ3) is 3.15. The monoisotopic (exact) mass is 278 g/mol. The van der Waals surface area contributed by atoms with Gasteiger partial charge in [-0.1, -0.05) is 6.92 Å². The van der Waals surface area contributed by atoms with Crippen molar-refractivity contribution in [1.29, 1.82) is 0 Å². The Bertz CT molecular complexity index is 466. The number of likely N-dealkylation sites (tertiary alicyclic amines) is 1. The minimum absolute atomic E-state index is 0.0293. The second kappa shape index (κ2) is 6.31. The van der Waals surface area contributed by atoms with Crippen molar-refractivity contribution in [3.05, 3.63) is 18.0 Å². The summed E-state index contributed by atoms with van der Waals surface area (Å²) in [6, 6.07) is 2.46. The molecule has 0 saturated carbocycles. The summed E-state index contributed by atoms with van der Waals surface area (Å²) < 4.78 is 1.93. The van der Waals surface area contributed by atoms with E-state index in [1.165, 1.54) is 12.8 Å². The number of likely N-dealkylation sites (N-methyl/N-ethyl adjacent to an activating group) is 1. The number of carbonyl (C=O) groups excluding carboxylic acids is 1. The van der Waals surface area contributed by atoms with Crippen LogP contribution in [0.15, 0.2) is 12.3 Å². The fourth-order valence-corrected chi connectivity index (χ4v) is 2.95. The van der Waals surface area contributed by atoms with E-state index in [-0.39, 0.29) is 11.9 Å². The SMILES string of the molecule is CCN1CCCC1CNC(=O)c1cc(N)cn1C(C)C. The van der Waals surface area contributed by atoms with Gasteiger partial charge in [0.2, 0.25) is 0 Å². The van der Waals surface area contributed by atoms with E-state index < -0.39 is 0 Å². The maximum Gasteiger partial charge on any atom is 0.268 e. The molecular weight excluding hydrogens is 252 g/mol. The number of anilines is 1. The zero-order valence-corrected chi connectivity index (χ0v) is 12.7. The summed E-state index contributed by atoms with van der Waals surface area (Å²) in [6.07, 6.45) is 4.22. The maximum absolute atomic E-state index is 12.3. The van der Waals surface area contributed by atoms with Crippen molar-refractivity contribution in [2.24, 2.45) is 0 Å². The van der Waals surface area contributed by atoms with Gasteiger partial charge in [0.25, 0.3) is 5.91 Å². The zero-order chi connectivity index (χ0) is 14.7. The molecule has 1 aliphatic heterocycles. The van der Waals surface area contributed by atoms with Crippen LogP contribution in [0.4, 0.5) is 5.69 Å². The molecular formula is C15H26N4O. The molecule has 0 bridgehead atoms. The number of rotatable bonds is 5. The summed E-state index contributed by atoms with van der Waals surface area (Å²) in [5.41, 5.74) is 7.10. The molecule has 1 atom stereocenters. The Morgan fingerprint density at radius 1 is 1.55 bits per heavy atom.